The van der Waals surface area contributed by atoms with Crippen molar-refractivity contribution in [3.8, 4) is 0 Å². The molecule has 0 aromatic heterocycles. The van der Waals surface area contributed by atoms with Gasteiger partial charge in [0.25, 0.3) is 0 Å². The first-order valence-corrected chi connectivity index (χ1v) is 6.93. The zero-order chi connectivity index (χ0) is 12.8. The molecule has 1 aliphatic heterocycles. The van der Waals surface area contributed by atoms with E-state index in [1.165, 1.54) is 31.6 Å². The van der Waals surface area contributed by atoms with E-state index >= 15 is 0 Å². The zero-order valence-electron chi connectivity index (χ0n) is 11.6. The third-order valence-corrected chi connectivity index (χ3v) is 3.58. The number of para-hydroxylation sites is 1. The van der Waals surface area contributed by atoms with Gasteiger partial charge in [-0.15, -0.1) is 0 Å². The molecule has 100 valence electrons. The fraction of sp³-hybridized carbons (Fsp3) is 0.600. The highest BCUT2D eigenvalue weighted by atomic mass is 15.2. The predicted molar refractivity (Wildman–Crippen MR) is 78.1 cm³/mol. The highest BCUT2D eigenvalue weighted by Crippen LogP contribution is 2.17. The smallest absolute Gasteiger partial charge is 0.0340 e. The van der Waals surface area contributed by atoms with E-state index in [-0.39, 0.29) is 0 Å². The zero-order valence-corrected chi connectivity index (χ0v) is 11.6. The van der Waals surface area contributed by atoms with E-state index < -0.39 is 0 Å². The maximum absolute atomic E-state index is 3.49. The molecule has 1 aromatic carbocycles. The SMILES string of the molecule is CN(C)CC1CCCN1CCNc1ccccc1. The average molecular weight is 247 g/mol. The molecule has 2 rings (SSSR count). The van der Waals surface area contributed by atoms with Crippen LogP contribution in [0, 0.1) is 0 Å². The van der Waals surface area contributed by atoms with Crippen molar-refractivity contribution in [2.24, 2.45) is 0 Å². The number of nitrogens with one attached hydrogen (secondary N) is 1. The van der Waals surface area contributed by atoms with Crippen molar-refractivity contribution >= 4 is 5.69 Å². The van der Waals surface area contributed by atoms with Gasteiger partial charge in [-0.05, 0) is 45.6 Å². The Kier molecular flexibility index (Phi) is 5.02. The largest absolute Gasteiger partial charge is 0.384 e. The number of likely N-dealkylation sites (N-methyl/N-ethyl adjacent to an activating group) is 1. The lowest BCUT2D eigenvalue weighted by Crippen LogP contribution is -2.39. The van der Waals surface area contributed by atoms with Crippen molar-refractivity contribution in [3.05, 3.63) is 30.3 Å². The third kappa shape index (κ3) is 4.00. The van der Waals surface area contributed by atoms with Crippen molar-refractivity contribution in [1.29, 1.82) is 0 Å². The van der Waals surface area contributed by atoms with E-state index in [4.69, 9.17) is 0 Å². The Morgan fingerprint density at radius 2 is 2.06 bits per heavy atom. The van der Waals surface area contributed by atoms with Crippen molar-refractivity contribution in [2.45, 2.75) is 18.9 Å². The molecule has 1 saturated heterocycles. The molecule has 1 unspecified atom stereocenters. The Morgan fingerprint density at radius 1 is 1.28 bits per heavy atom. The van der Waals surface area contributed by atoms with Crippen LogP contribution in [0.5, 0.6) is 0 Å². The van der Waals surface area contributed by atoms with Crippen LogP contribution in [0.25, 0.3) is 0 Å². The van der Waals surface area contributed by atoms with Crippen LogP contribution in [0.2, 0.25) is 0 Å². The van der Waals surface area contributed by atoms with E-state index in [0.717, 1.165) is 19.1 Å². The summed E-state index contributed by atoms with van der Waals surface area (Å²) >= 11 is 0. The van der Waals surface area contributed by atoms with Gasteiger partial charge in [0.05, 0.1) is 0 Å². The quantitative estimate of drug-likeness (QED) is 0.831. The number of rotatable bonds is 6. The van der Waals surface area contributed by atoms with Gasteiger partial charge in [0.2, 0.25) is 0 Å². The Morgan fingerprint density at radius 3 is 2.78 bits per heavy atom. The molecule has 3 heteroatoms. The second kappa shape index (κ2) is 6.76. The number of benzene rings is 1. The van der Waals surface area contributed by atoms with Gasteiger partial charge in [-0.1, -0.05) is 18.2 Å². The van der Waals surface area contributed by atoms with Crippen molar-refractivity contribution in [2.75, 3.05) is 45.6 Å². The minimum Gasteiger partial charge on any atom is -0.384 e. The molecule has 1 aromatic rings. The second-order valence-electron chi connectivity index (χ2n) is 5.39. The monoisotopic (exact) mass is 247 g/mol. The molecule has 0 aliphatic carbocycles. The molecule has 3 nitrogen and oxygen atoms in total. The second-order valence-corrected chi connectivity index (χ2v) is 5.39. The van der Waals surface area contributed by atoms with Crippen molar-refractivity contribution in [1.82, 2.24) is 9.80 Å². The first kappa shape index (κ1) is 13.4. The van der Waals surface area contributed by atoms with Gasteiger partial charge >= 0.3 is 0 Å². The van der Waals surface area contributed by atoms with E-state index in [2.05, 4.69) is 59.5 Å². The first-order chi connectivity index (χ1) is 8.75. The van der Waals surface area contributed by atoms with Gasteiger partial charge < -0.3 is 10.2 Å². The fourth-order valence-electron chi connectivity index (χ4n) is 2.72. The molecule has 0 bridgehead atoms. The van der Waals surface area contributed by atoms with Gasteiger partial charge in [-0.2, -0.15) is 0 Å². The fourth-order valence-corrected chi connectivity index (χ4v) is 2.72. The van der Waals surface area contributed by atoms with E-state index in [1.807, 2.05) is 0 Å². The molecule has 1 fully saturated rings. The maximum Gasteiger partial charge on any atom is 0.0340 e. The van der Waals surface area contributed by atoms with Gasteiger partial charge in [-0.3, -0.25) is 4.90 Å². The minimum absolute atomic E-state index is 0.748. The summed E-state index contributed by atoms with van der Waals surface area (Å²) in [5, 5.41) is 3.49. The third-order valence-electron chi connectivity index (χ3n) is 3.58. The standard InChI is InChI=1S/C15H25N3/c1-17(2)13-15-9-6-11-18(15)12-10-16-14-7-4-3-5-8-14/h3-5,7-8,15-16H,6,9-13H2,1-2H3. The number of likely N-dealkylation sites (tertiary alicyclic amines) is 1. The van der Waals surface area contributed by atoms with Gasteiger partial charge in [-0.25, -0.2) is 0 Å². The average Bonchev–Trinajstić information content (AvgIpc) is 2.77. The molecule has 0 radical (unpaired) electrons. The first-order valence-electron chi connectivity index (χ1n) is 6.93. The normalized spacial score (nSPS) is 20.5. The van der Waals surface area contributed by atoms with Crippen LogP contribution in [0.1, 0.15) is 12.8 Å². The van der Waals surface area contributed by atoms with Gasteiger partial charge in [0.15, 0.2) is 0 Å². The lowest BCUT2D eigenvalue weighted by atomic mass is 10.2. The van der Waals surface area contributed by atoms with Crippen LogP contribution >= 0.6 is 0 Å². The summed E-state index contributed by atoms with van der Waals surface area (Å²) in [5.41, 5.74) is 1.22. The highest BCUT2D eigenvalue weighted by molar-refractivity contribution is 5.42. The molecule has 1 aliphatic rings. The maximum atomic E-state index is 3.49. The van der Waals surface area contributed by atoms with Gasteiger partial charge in [0, 0.05) is 31.4 Å². The molecule has 0 saturated carbocycles. The molecule has 0 spiro atoms. The van der Waals surface area contributed by atoms with Crippen LogP contribution in [-0.4, -0.2) is 56.1 Å². The number of hydrogen-bond donors (Lipinski definition) is 1. The van der Waals surface area contributed by atoms with Crippen LogP contribution < -0.4 is 5.32 Å². The van der Waals surface area contributed by atoms with Crippen LogP contribution in [0.15, 0.2) is 30.3 Å². The van der Waals surface area contributed by atoms with Gasteiger partial charge in [0.1, 0.15) is 0 Å². The lowest BCUT2D eigenvalue weighted by Gasteiger charge is -2.27. The van der Waals surface area contributed by atoms with E-state index in [0.29, 0.717) is 0 Å². The minimum atomic E-state index is 0.748. The molecule has 0 amide bonds. The number of hydrogen-bond acceptors (Lipinski definition) is 3. The molecule has 1 N–H and O–H groups in total. The summed E-state index contributed by atoms with van der Waals surface area (Å²) in [5.74, 6) is 0. The summed E-state index contributed by atoms with van der Waals surface area (Å²) in [6, 6.07) is 11.2. The molecule has 1 atom stereocenters. The predicted octanol–water partition coefficient (Wildman–Crippen LogP) is 2.12. The van der Waals surface area contributed by atoms with E-state index in [1.54, 1.807) is 0 Å². The molecular weight excluding hydrogens is 222 g/mol. The Bertz CT molecular complexity index is 337. The molecule has 18 heavy (non-hydrogen) atoms. The van der Waals surface area contributed by atoms with Crippen LogP contribution in [0.4, 0.5) is 5.69 Å². The summed E-state index contributed by atoms with van der Waals surface area (Å²) < 4.78 is 0. The summed E-state index contributed by atoms with van der Waals surface area (Å²) in [6.07, 6.45) is 2.70. The Hall–Kier alpha value is -1.06. The van der Waals surface area contributed by atoms with Crippen LogP contribution in [-0.2, 0) is 0 Å². The molecule has 1 heterocycles. The Balaban J connectivity index is 1.72. The Labute approximate surface area is 111 Å². The highest BCUT2D eigenvalue weighted by Gasteiger charge is 2.23. The van der Waals surface area contributed by atoms with E-state index in [9.17, 15) is 0 Å². The topological polar surface area (TPSA) is 18.5 Å². The van der Waals surface area contributed by atoms with Crippen LogP contribution in [0.3, 0.4) is 0 Å². The van der Waals surface area contributed by atoms with Crippen molar-refractivity contribution < 1.29 is 0 Å². The lowest BCUT2D eigenvalue weighted by molar-refractivity contribution is 0.214. The summed E-state index contributed by atoms with van der Waals surface area (Å²) in [7, 11) is 4.33. The molecular formula is C15H25N3. The number of nitrogens with zero attached hydrogens (tertiary/aromatic N) is 2. The summed E-state index contributed by atoms with van der Waals surface area (Å²) in [6.45, 7) is 4.63. The van der Waals surface area contributed by atoms with Crippen molar-refractivity contribution in [3.63, 3.8) is 0 Å². The number of anilines is 1. The summed E-state index contributed by atoms with van der Waals surface area (Å²) in [4.78, 5) is 4.92.